The fourth-order valence-electron chi connectivity index (χ4n) is 8.29. The van der Waals surface area contributed by atoms with Gasteiger partial charge in [0, 0.05) is 27.5 Å². The van der Waals surface area contributed by atoms with Crippen LogP contribution in [-0.4, -0.2) is 15.4 Å². The van der Waals surface area contributed by atoms with Crippen LogP contribution in [0, 0.1) is 13.8 Å². The Balaban J connectivity index is 1.36. The number of hydrogen-bond donors (Lipinski definition) is 0. The van der Waals surface area contributed by atoms with Gasteiger partial charge in [-0.1, -0.05) is 140 Å². The van der Waals surface area contributed by atoms with Crippen LogP contribution in [0.15, 0.2) is 156 Å². The zero-order chi connectivity index (χ0) is 34.8. The van der Waals surface area contributed by atoms with E-state index in [1.165, 1.54) is 38.9 Å². The molecule has 0 N–H and O–H groups in total. The second-order valence-corrected chi connectivity index (χ2v) is 13.7. The molecule has 0 unspecified atom stereocenters. The molecule has 10 rings (SSSR count). The monoisotopic (exact) mass is 667 g/mol. The summed E-state index contributed by atoms with van der Waals surface area (Å²) in [6.07, 6.45) is 0.842. The molecule has 1 aliphatic rings. The summed E-state index contributed by atoms with van der Waals surface area (Å²) in [5.41, 5.74) is 19.6. The number of furan rings is 1. The molecule has 7 aromatic carbocycles. The largest absolute Gasteiger partial charge is 0.456 e. The fraction of sp³-hybridized carbons (Fsp3) is 0.0625. The lowest BCUT2D eigenvalue weighted by Crippen LogP contribution is -2.05. The van der Waals surface area contributed by atoms with E-state index in [0.717, 1.165) is 78.7 Å². The first-order valence-corrected chi connectivity index (χ1v) is 17.8. The predicted molar refractivity (Wildman–Crippen MR) is 212 cm³/mol. The molecule has 0 bridgehead atoms. The van der Waals surface area contributed by atoms with Crippen LogP contribution in [0.3, 0.4) is 0 Å². The molecule has 0 aliphatic heterocycles. The van der Waals surface area contributed by atoms with Gasteiger partial charge in [0.25, 0.3) is 0 Å². The van der Waals surface area contributed by atoms with E-state index < -0.39 is 0 Å². The fourth-order valence-corrected chi connectivity index (χ4v) is 8.29. The summed E-state index contributed by atoms with van der Waals surface area (Å²) in [6.45, 7) is 4.46. The summed E-state index contributed by atoms with van der Waals surface area (Å²) in [7, 11) is 0. The lowest BCUT2D eigenvalue weighted by molar-refractivity contribution is 0.669. The van der Waals surface area contributed by atoms with Gasteiger partial charge >= 0.3 is 0 Å². The van der Waals surface area contributed by atoms with E-state index in [2.05, 4.69) is 153 Å². The van der Waals surface area contributed by atoms with Gasteiger partial charge in [-0.3, -0.25) is 0 Å². The number of hydrogen-bond acceptors (Lipinski definition) is 4. The molecule has 0 fully saturated rings. The number of fused-ring (bicyclic) bond motifs is 6. The maximum Gasteiger partial charge on any atom is 0.136 e. The van der Waals surface area contributed by atoms with Gasteiger partial charge in [-0.2, -0.15) is 0 Å². The first kappa shape index (κ1) is 30.2. The molecule has 0 saturated carbocycles. The Morgan fingerprint density at radius 1 is 0.481 bits per heavy atom. The van der Waals surface area contributed by atoms with Crippen molar-refractivity contribution in [3.8, 4) is 67.0 Å². The zero-order valence-corrected chi connectivity index (χ0v) is 28.9. The molecule has 0 atom stereocenters. The van der Waals surface area contributed by atoms with Crippen LogP contribution in [0.2, 0.25) is 0 Å². The third kappa shape index (κ3) is 4.65. The van der Waals surface area contributed by atoms with Crippen molar-refractivity contribution in [2.75, 3.05) is 0 Å². The summed E-state index contributed by atoms with van der Waals surface area (Å²) in [5.74, 6) is 0. The Morgan fingerprint density at radius 3 is 1.96 bits per heavy atom. The van der Waals surface area contributed by atoms with E-state index in [1.54, 1.807) is 0 Å². The normalized spacial score (nSPS) is 12.0. The average Bonchev–Trinajstić information content (AvgIpc) is 3.77. The van der Waals surface area contributed by atoms with Crippen LogP contribution >= 0.6 is 0 Å². The molecule has 2 aromatic heterocycles. The second-order valence-electron chi connectivity index (χ2n) is 13.7. The molecule has 246 valence electrons. The topological polar surface area (TPSA) is 51.8 Å². The molecule has 0 spiro atoms. The van der Waals surface area contributed by atoms with Crippen molar-refractivity contribution in [1.29, 1.82) is 0 Å². The highest BCUT2D eigenvalue weighted by atomic mass is 16.3. The van der Waals surface area contributed by atoms with Crippen LogP contribution in [-0.2, 0) is 6.42 Å². The van der Waals surface area contributed by atoms with Crippen molar-refractivity contribution < 1.29 is 4.42 Å². The number of aromatic nitrogens is 3. The number of aryl methyl sites for hydroxylation is 1. The van der Waals surface area contributed by atoms with Gasteiger partial charge in [-0.15, -0.1) is 10.2 Å². The van der Waals surface area contributed by atoms with Gasteiger partial charge in [-0.25, -0.2) is 0 Å². The van der Waals surface area contributed by atoms with Crippen molar-refractivity contribution >= 4 is 21.9 Å². The average molecular weight is 668 g/mol. The highest BCUT2D eigenvalue weighted by Crippen LogP contribution is 2.51. The van der Waals surface area contributed by atoms with E-state index in [9.17, 15) is 0 Å². The van der Waals surface area contributed by atoms with Crippen molar-refractivity contribution in [3.05, 3.63) is 174 Å². The van der Waals surface area contributed by atoms with Crippen LogP contribution in [0.1, 0.15) is 22.3 Å². The SMILES string of the molecule is Cc1cc2c(c(-c3c(-c4ccccc4)nnnc3-c3cccc(-c4ccccc4)c3-c3cccc4oc5ccccc5c34)c1C)Cc1ccccc1-2. The van der Waals surface area contributed by atoms with E-state index in [0.29, 0.717) is 0 Å². The number of benzene rings is 7. The Bertz CT molecular complexity index is 2840. The highest BCUT2D eigenvalue weighted by Gasteiger charge is 2.30. The minimum atomic E-state index is 0.804. The molecule has 52 heavy (non-hydrogen) atoms. The molecule has 0 saturated heterocycles. The zero-order valence-electron chi connectivity index (χ0n) is 28.9. The predicted octanol–water partition coefficient (Wildman–Crippen LogP) is 12.3. The Morgan fingerprint density at radius 2 is 1.12 bits per heavy atom. The summed E-state index contributed by atoms with van der Waals surface area (Å²) in [5, 5.41) is 16.6. The third-order valence-electron chi connectivity index (χ3n) is 10.8. The van der Waals surface area contributed by atoms with Crippen LogP contribution in [0.25, 0.3) is 89.0 Å². The van der Waals surface area contributed by atoms with Gasteiger partial charge in [0.15, 0.2) is 0 Å². The lowest BCUT2D eigenvalue weighted by atomic mass is 9.82. The van der Waals surface area contributed by atoms with E-state index in [4.69, 9.17) is 14.6 Å². The van der Waals surface area contributed by atoms with Crippen molar-refractivity contribution in [2.45, 2.75) is 20.3 Å². The summed E-state index contributed by atoms with van der Waals surface area (Å²) >= 11 is 0. The minimum absolute atomic E-state index is 0.804. The summed E-state index contributed by atoms with van der Waals surface area (Å²) in [6, 6.07) is 53.4. The van der Waals surface area contributed by atoms with Gasteiger partial charge in [0.1, 0.15) is 22.6 Å². The molecule has 1 aliphatic carbocycles. The van der Waals surface area contributed by atoms with Crippen LogP contribution in [0.4, 0.5) is 0 Å². The number of nitrogens with zero attached hydrogens (tertiary/aromatic N) is 3. The molecule has 0 amide bonds. The van der Waals surface area contributed by atoms with Crippen LogP contribution in [0.5, 0.6) is 0 Å². The van der Waals surface area contributed by atoms with E-state index >= 15 is 0 Å². The van der Waals surface area contributed by atoms with E-state index in [-0.39, 0.29) is 0 Å². The first-order valence-electron chi connectivity index (χ1n) is 17.8. The lowest BCUT2D eigenvalue weighted by Gasteiger charge is -2.22. The maximum absolute atomic E-state index is 6.45. The Hall–Kier alpha value is -6.65. The summed E-state index contributed by atoms with van der Waals surface area (Å²) in [4.78, 5) is 0. The van der Waals surface area contributed by atoms with Crippen LogP contribution < -0.4 is 0 Å². The molecule has 0 radical (unpaired) electrons. The molecule has 4 heteroatoms. The van der Waals surface area contributed by atoms with Crippen molar-refractivity contribution in [3.63, 3.8) is 0 Å². The molecular weight excluding hydrogens is 635 g/mol. The number of rotatable bonds is 5. The van der Waals surface area contributed by atoms with Gasteiger partial charge in [-0.05, 0) is 98.8 Å². The molecular formula is C48H33N3O. The Labute approximate surface area is 302 Å². The quantitative estimate of drug-likeness (QED) is 0.183. The number of para-hydroxylation sites is 1. The standard InChI is InChI=1S/C48H33N3O/c1-29-27-39-34-20-10-9-19-33(34)28-40(39)43(30(29)2)46-47(32-17-7-4-8-18-32)49-51-50-48(46)38-24-13-22-35(31-15-5-3-6-16-31)44(38)37-23-14-26-42-45(37)36-21-11-12-25-41(36)52-42/h3-27H,28H2,1-2H3. The summed E-state index contributed by atoms with van der Waals surface area (Å²) < 4.78 is 6.45. The van der Waals surface area contributed by atoms with Gasteiger partial charge in [0.05, 0.1) is 0 Å². The van der Waals surface area contributed by atoms with Crippen molar-refractivity contribution in [1.82, 2.24) is 15.4 Å². The minimum Gasteiger partial charge on any atom is -0.456 e. The van der Waals surface area contributed by atoms with Gasteiger partial charge in [0.2, 0.25) is 0 Å². The van der Waals surface area contributed by atoms with Gasteiger partial charge < -0.3 is 4.42 Å². The van der Waals surface area contributed by atoms with Crippen molar-refractivity contribution in [2.24, 2.45) is 0 Å². The molecule has 4 nitrogen and oxygen atoms in total. The highest BCUT2D eigenvalue weighted by molar-refractivity contribution is 6.16. The first-order chi connectivity index (χ1) is 25.7. The maximum atomic E-state index is 6.45. The Kier molecular flexibility index (Phi) is 6.97. The second kappa shape index (κ2) is 12.0. The molecule has 9 aromatic rings. The molecule has 2 heterocycles. The van der Waals surface area contributed by atoms with E-state index in [1.807, 2.05) is 18.2 Å². The smallest absolute Gasteiger partial charge is 0.136 e. The third-order valence-corrected chi connectivity index (χ3v) is 10.8.